The SMILES string of the molecule is Cc1nc(C)c(Cc2cccc(F)c2)c(N2CCN(C[C@@H](C)O)CC2)n1. The number of aliphatic hydroxyl groups is 1. The smallest absolute Gasteiger partial charge is 0.136 e. The van der Waals surface area contributed by atoms with Gasteiger partial charge >= 0.3 is 0 Å². The van der Waals surface area contributed by atoms with Crippen molar-refractivity contribution in [2.75, 3.05) is 37.6 Å². The van der Waals surface area contributed by atoms with E-state index in [-0.39, 0.29) is 11.9 Å². The molecule has 0 spiro atoms. The molecule has 0 unspecified atom stereocenters. The third-order valence-electron chi connectivity index (χ3n) is 4.77. The van der Waals surface area contributed by atoms with E-state index >= 15 is 0 Å². The average Bonchev–Trinajstić information content (AvgIpc) is 2.57. The topological polar surface area (TPSA) is 52.5 Å². The fraction of sp³-hybridized carbons (Fsp3) is 0.500. The molecule has 1 aliphatic heterocycles. The summed E-state index contributed by atoms with van der Waals surface area (Å²) in [6, 6.07) is 6.71. The van der Waals surface area contributed by atoms with Crippen LogP contribution < -0.4 is 4.90 Å². The molecule has 0 aliphatic carbocycles. The summed E-state index contributed by atoms with van der Waals surface area (Å²) in [6.07, 6.45) is 0.307. The lowest BCUT2D eigenvalue weighted by Crippen LogP contribution is -2.48. The van der Waals surface area contributed by atoms with Crippen LogP contribution in [-0.4, -0.2) is 58.8 Å². The van der Waals surface area contributed by atoms with Crippen LogP contribution in [0.3, 0.4) is 0 Å². The summed E-state index contributed by atoms with van der Waals surface area (Å²) in [5.74, 6) is 1.49. The quantitative estimate of drug-likeness (QED) is 0.889. The van der Waals surface area contributed by atoms with E-state index in [9.17, 15) is 9.50 Å². The number of β-amino-alcohol motifs (C(OH)–C–C–N with tert-alkyl or cyclic N) is 1. The number of hydrogen-bond donors (Lipinski definition) is 1. The van der Waals surface area contributed by atoms with Gasteiger partial charge in [0.25, 0.3) is 0 Å². The van der Waals surface area contributed by atoms with Gasteiger partial charge in [-0.25, -0.2) is 14.4 Å². The molecule has 26 heavy (non-hydrogen) atoms. The minimum Gasteiger partial charge on any atom is -0.392 e. The van der Waals surface area contributed by atoms with Crippen LogP contribution in [-0.2, 0) is 6.42 Å². The van der Waals surface area contributed by atoms with Crippen LogP contribution in [0.5, 0.6) is 0 Å². The Morgan fingerprint density at radius 2 is 1.88 bits per heavy atom. The zero-order chi connectivity index (χ0) is 18.7. The van der Waals surface area contributed by atoms with Gasteiger partial charge in [0, 0.05) is 50.4 Å². The lowest BCUT2D eigenvalue weighted by atomic mass is 10.0. The summed E-state index contributed by atoms with van der Waals surface area (Å²) in [6.45, 7) is 9.94. The maximum atomic E-state index is 13.6. The van der Waals surface area contributed by atoms with E-state index in [0.29, 0.717) is 13.0 Å². The highest BCUT2D eigenvalue weighted by molar-refractivity contribution is 5.51. The first-order valence-electron chi connectivity index (χ1n) is 9.16. The molecule has 1 fully saturated rings. The van der Waals surface area contributed by atoms with Gasteiger partial charge in [-0.3, -0.25) is 4.90 Å². The molecular formula is C20H27FN4O. The lowest BCUT2D eigenvalue weighted by Gasteiger charge is -2.37. The molecule has 0 radical (unpaired) electrons. The molecule has 6 heteroatoms. The van der Waals surface area contributed by atoms with Crippen molar-refractivity contribution < 1.29 is 9.50 Å². The van der Waals surface area contributed by atoms with Crippen molar-refractivity contribution in [1.29, 1.82) is 0 Å². The summed E-state index contributed by atoms with van der Waals surface area (Å²) in [4.78, 5) is 13.8. The number of aromatic nitrogens is 2. The molecule has 1 N–H and O–H groups in total. The number of benzene rings is 1. The van der Waals surface area contributed by atoms with E-state index < -0.39 is 0 Å². The first-order valence-corrected chi connectivity index (χ1v) is 9.16. The molecule has 3 rings (SSSR count). The van der Waals surface area contributed by atoms with E-state index in [1.54, 1.807) is 12.1 Å². The Bertz CT molecular complexity index is 757. The third kappa shape index (κ3) is 4.56. The van der Waals surface area contributed by atoms with Crippen molar-refractivity contribution in [3.63, 3.8) is 0 Å². The van der Waals surface area contributed by atoms with Crippen LogP contribution in [0.4, 0.5) is 10.2 Å². The monoisotopic (exact) mass is 358 g/mol. The highest BCUT2D eigenvalue weighted by Gasteiger charge is 2.22. The summed E-state index contributed by atoms with van der Waals surface area (Å²) in [5, 5.41) is 9.58. The molecule has 140 valence electrons. The number of nitrogens with zero attached hydrogens (tertiary/aromatic N) is 4. The van der Waals surface area contributed by atoms with E-state index in [1.807, 2.05) is 26.8 Å². The van der Waals surface area contributed by atoms with Crippen molar-refractivity contribution in [3.8, 4) is 0 Å². The third-order valence-corrected chi connectivity index (χ3v) is 4.77. The Balaban J connectivity index is 1.83. The van der Waals surface area contributed by atoms with Crippen LogP contribution in [0, 0.1) is 19.7 Å². The average molecular weight is 358 g/mol. The molecular weight excluding hydrogens is 331 g/mol. The molecule has 1 aromatic carbocycles. The largest absolute Gasteiger partial charge is 0.392 e. The fourth-order valence-corrected chi connectivity index (χ4v) is 3.55. The molecule has 1 saturated heterocycles. The van der Waals surface area contributed by atoms with Gasteiger partial charge in [0.15, 0.2) is 0 Å². The predicted molar refractivity (Wildman–Crippen MR) is 101 cm³/mol. The number of aryl methyl sites for hydroxylation is 2. The number of anilines is 1. The van der Waals surface area contributed by atoms with Gasteiger partial charge in [-0.1, -0.05) is 12.1 Å². The van der Waals surface area contributed by atoms with Gasteiger partial charge in [0.2, 0.25) is 0 Å². The Morgan fingerprint density at radius 1 is 1.15 bits per heavy atom. The number of piperazine rings is 1. The maximum Gasteiger partial charge on any atom is 0.136 e. The zero-order valence-corrected chi connectivity index (χ0v) is 15.7. The van der Waals surface area contributed by atoms with Gasteiger partial charge in [0.1, 0.15) is 17.5 Å². The number of aliphatic hydroxyl groups excluding tert-OH is 1. The second kappa shape index (κ2) is 8.10. The standard InChI is InChI=1S/C20H27FN4O/c1-14(26)13-24-7-9-25(10-8-24)20-19(15(2)22-16(3)23-20)12-17-5-4-6-18(21)11-17/h4-6,11,14,26H,7-10,12-13H2,1-3H3/t14-/m1/s1. The Labute approximate surface area is 154 Å². The van der Waals surface area contributed by atoms with Crippen molar-refractivity contribution in [3.05, 3.63) is 52.7 Å². The van der Waals surface area contributed by atoms with Gasteiger partial charge in [-0.15, -0.1) is 0 Å². The van der Waals surface area contributed by atoms with E-state index in [2.05, 4.69) is 14.8 Å². The Hall–Kier alpha value is -2.05. The van der Waals surface area contributed by atoms with Crippen molar-refractivity contribution in [2.45, 2.75) is 33.3 Å². The van der Waals surface area contributed by atoms with E-state index in [0.717, 1.165) is 54.6 Å². The number of hydrogen-bond acceptors (Lipinski definition) is 5. The summed E-state index contributed by atoms with van der Waals surface area (Å²) in [5.41, 5.74) is 2.93. The lowest BCUT2D eigenvalue weighted by molar-refractivity contribution is 0.122. The van der Waals surface area contributed by atoms with Crippen molar-refractivity contribution in [2.24, 2.45) is 0 Å². The van der Waals surface area contributed by atoms with Gasteiger partial charge in [0.05, 0.1) is 6.10 Å². The second-order valence-corrected chi connectivity index (χ2v) is 7.10. The summed E-state index contributed by atoms with van der Waals surface area (Å²) >= 11 is 0. The molecule has 1 aromatic heterocycles. The van der Waals surface area contributed by atoms with Crippen LogP contribution in [0.2, 0.25) is 0 Å². The van der Waals surface area contributed by atoms with Gasteiger partial charge < -0.3 is 10.0 Å². The van der Waals surface area contributed by atoms with E-state index in [4.69, 9.17) is 4.98 Å². The highest BCUT2D eigenvalue weighted by atomic mass is 19.1. The Morgan fingerprint density at radius 3 is 2.54 bits per heavy atom. The van der Waals surface area contributed by atoms with Crippen LogP contribution in [0.1, 0.15) is 29.6 Å². The summed E-state index contributed by atoms with van der Waals surface area (Å²) < 4.78 is 13.6. The van der Waals surface area contributed by atoms with Gasteiger partial charge in [-0.2, -0.15) is 0 Å². The van der Waals surface area contributed by atoms with Crippen LogP contribution in [0.25, 0.3) is 0 Å². The molecule has 1 atom stereocenters. The van der Waals surface area contributed by atoms with Crippen LogP contribution in [0.15, 0.2) is 24.3 Å². The van der Waals surface area contributed by atoms with Crippen molar-refractivity contribution in [1.82, 2.24) is 14.9 Å². The van der Waals surface area contributed by atoms with Gasteiger partial charge in [-0.05, 0) is 38.5 Å². The summed E-state index contributed by atoms with van der Waals surface area (Å²) in [7, 11) is 0. The fourth-order valence-electron chi connectivity index (χ4n) is 3.55. The van der Waals surface area contributed by atoms with E-state index in [1.165, 1.54) is 6.07 Å². The molecule has 0 bridgehead atoms. The highest BCUT2D eigenvalue weighted by Crippen LogP contribution is 2.25. The number of rotatable bonds is 5. The van der Waals surface area contributed by atoms with Crippen LogP contribution >= 0.6 is 0 Å². The molecule has 0 saturated carbocycles. The minimum atomic E-state index is -0.311. The Kier molecular flexibility index (Phi) is 5.84. The minimum absolute atomic E-state index is 0.221. The molecule has 2 aromatic rings. The first-order chi connectivity index (χ1) is 12.4. The number of halogens is 1. The molecule has 2 heterocycles. The molecule has 5 nitrogen and oxygen atoms in total. The molecule has 0 amide bonds. The maximum absolute atomic E-state index is 13.6. The predicted octanol–water partition coefficient (Wildman–Crippen LogP) is 2.33. The second-order valence-electron chi connectivity index (χ2n) is 7.10. The molecule has 1 aliphatic rings. The normalized spacial score (nSPS) is 16.7. The zero-order valence-electron chi connectivity index (χ0n) is 15.7. The first kappa shape index (κ1) is 18.7. The van der Waals surface area contributed by atoms with Crippen molar-refractivity contribution >= 4 is 5.82 Å².